The van der Waals surface area contributed by atoms with Crippen LogP contribution < -0.4 is 5.32 Å². The number of hydrogen-bond acceptors (Lipinski definition) is 4. The van der Waals surface area contributed by atoms with Crippen molar-refractivity contribution in [3.63, 3.8) is 0 Å². The third-order valence-corrected chi connectivity index (χ3v) is 4.02. The lowest BCUT2D eigenvalue weighted by Gasteiger charge is -2.32. The van der Waals surface area contributed by atoms with Crippen LogP contribution in [0.5, 0.6) is 0 Å². The summed E-state index contributed by atoms with van der Waals surface area (Å²) in [6, 6.07) is 0. The van der Waals surface area contributed by atoms with E-state index in [0.29, 0.717) is 23.8 Å². The fraction of sp³-hybridized carbons (Fsp3) is 0.867. The van der Waals surface area contributed by atoms with Crippen molar-refractivity contribution in [2.45, 2.75) is 65.8 Å². The van der Waals surface area contributed by atoms with Crippen LogP contribution in [0.2, 0.25) is 0 Å². The SMILES string of the molecule is CC(C)CNCc1nc(C2CCC(C)(C)CC2)no1. The first-order valence-corrected chi connectivity index (χ1v) is 7.49. The molecule has 1 fully saturated rings. The maximum Gasteiger partial charge on any atom is 0.240 e. The summed E-state index contributed by atoms with van der Waals surface area (Å²) in [6.07, 6.45) is 4.89. The zero-order valence-corrected chi connectivity index (χ0v) is 12.7. The van der Waals surface area contributed by atoms with E-state index in [1.165, 1.54) is 25.7 Å². The molecule has 1 aromatic heterocycles. The van der Waals surface area contributed by atoms with Crippen molar-refractivity contribution in [1.82, 2.24) is 15.5 Å². The predicted octanol–water partition coefficient (Wildman–Crippen LogP) is 3.50. The Labute approximate surface area is 116 Å². The fourth-order valence-electron chi connectivity index (χ4n) is 2.63. The van der Waals surface area contributed by atoms with Gasteiger partial charge in [0.05, 0.1) is 6.54 Å². The molecule has 0 unspecified atom stereocenters. The van der Waals surface area contributed by atoms with E-state index in [2.05, 4.69) is 43.2 Å². The third kappa shape index (κ3) is 4.30. The van der Waals surface area contributed by atoms with Gasteiger partial charge in [0, 0.05) is 5.92 Å². The van der Waals surface area contributed by atoms with Crippen molar-refractivity contribution in [2.75, 3.05) is 6.54 Å². The summed E-state index contributed by atoms with van der Waals surface area (Å²) >= 11 is 0. The first-order valence-electron chi connectivity index (χ1n) is 7.49. The van der Waals surface area contributed by atoms with Crippen molar-refractivity contribution >= 4 is 0 Å². The largest absolute Gasteiger partial charge is 0.338 e. The van der Waals surface area contributed by atoms with E-state index in [1.807, 2.05) is 0 Å². The second-order valence-electron chi connectivity index (χ2n) is 7.01. The minimum absolute atomic E-state index is 0.488. The molecule has 0 bridgehead atoms. The van der Waals surface area contributed by atoms with E-state index in [9.17, 15) is 0 Å². The van der Waals surface area contributed by atoms with Gasteiger partial charge in [0.2, 0.25) is 5.89 Å². The van der Waals surface area contributed by atoms with E-state index in [0.717, 1.165) is 18.3 Å². The van der Waals surface area contributed by atoms with Crippen LogP contribution in [0, 0.1) is 11.3 Å². The maximum atomic E-state index is 5.33. The molecule has 1 aliphatic rings. The van der Waals surface area contributed by atoms with Gasteiger partial charge in [-0.2, -0.15) is 4.98 Å². The first kappa shape index (κ1) is 14.5. The Bertz CT molecular complexity index is 388. The summed E-state index contributed by atoms with van der Waals surface area (Å²) in [5.74, 6) is 2.77. The highest BCUT2D eigenvalue weighted by Crippen LogP contribution is 2.41. The molecular formula is C15H27N3O. The van der Waals surface area contributed by atoms with Gasteiger partial charge in [0.15, 0.2) is 5.82 Å². The summed E-state index contributed by atoms with van der Waals surface area (Å²) in [4.78, 5) is 4.54. The van der Waals surface area contributed by atoms with E-state index in [-0.39, 0.29) is 0 Å². The Balaban J connectivity index is 1.84. The molecule has 4 heteroatoms. The zero-order valence-electron chi connectivity index (χ0n) is 12.7. The molecule has 0 radical (unpaired) electrons. The van der Waals surface area contributed by atoms with Crippen LogP contribution in [0.4, 0.5) is 0 Å². The minimum Gasteiger partial charge on any atom is -0.338 e. The summed E-state index contributed by atoms with van der Waals surface area (Å²) in [6.45, 7) is 10.7. The molecule has 2 rings (SSSR count). The molecule has 1 aromatic rings. The van der Waals surface area contributed by atoms with Gasteiger partial charge in [0.25, 0.3) is 0 Å². The summed E-state index contributed by atoms with van der Waals surface area (Å²) in [5, 5.41) is 7.49. The number of aromatic nitrogens is 2. The lowest BCUT2D eigenvalue weighted by Crippen LogP contribution is -2.21. The summed E-state index contributed by atoms with van der Waals surface area (Å²) in [5.41, 5.74) is 0.488. The highest BCUT2D eigenvalue weighted by atomic mass is 16.5. The predicted molar refractivity (Wildman–Crippen MR) is 75.8 cm³/mol. The molecule has 0 spiro atoms. The van der Waals surface area contributed by atoms with Crippen molar-refractivity contribution in [1.29, 1.82) is 0 Å². The standard InChI is InChI=1S/C15H27N3O/c1-11(2)9-16-10-13-17-14(18-19-13)12-5-7-15(3,4)8-6-12/h11-12,16H,5-10H2,1-4H3. The van der Waals surface area contributed by atoms with E-state index in [1.54, 1.807) is 0 Å². The van der Waals surface area contributed by atoms with Gasteiger partial charge in [-0.05, 0) is 43.6 Å². The van der Waals surface area contributed by atoms with Gasteiger partial charge in [0.1, 0.15) is 0 Å². The molecule has 0 aliphatic heterocycles. The van der Waals surface area contributed by atoms with Crippen LogP contribution in [0.25, 0.3) is 0 Å². The Morgan fingerprint density at radius 2 is 2.00 bits per heavy atom. The Morgan fingerprint density at radius 3 is 2.63 bits per heavy atom. The number of hydrogen-bond donors (Lipinski definition) is 1. The second kappa shape index (κ2) is 6.04. The molecule has 0 saturated heterocycles. The molecule has 4 nitrogen and oxygen atoms in total. The average Bonchev–Trinajstić information content (AvgIpc) is 2.77. The van der Waals surface area contributed by atoms with Crippen LogP contribution in [-0.4, -0.2) is 16.7 Å². The molecule has 19 heavy (non-hydrogen) atoms. The Hall–Kier alpha value is -0.900. The van der Waals surface area contributed by atoms with Crippen molar-refractivity contribution in [3.8, 4) is 0 Å². The van der Waals surface area contributed by atoms with Crippen LogP contribution in [0.15, 0.2) is 4.52 Å². The van der Waals surface area contributed by atoms with Crippen LogP contribution in [-0.2, 0) is 6.54 Å². The first-order chi connectivity index (χ1) is 8.96. The number of rotatable bonds is 5. The summed E-state index contributed by atoms with van der Waals surface area (Å²) in [7, 11) is 0. The van der Waals surface area contributed by atoms with Gasteiger partial charge in [-0.15, -0.1) is 0 Å². The fourth-order valence-corrected chi connectivity index (χ4v) is 2.63. The van der Waals surface area contributed by atoms with Crippen molar-refractivity contribution < 1.29 is 4.52 Å². The van der Waals surface area contributed by atoms with E-state index in [4.69, 9.17) is 4.52 Å². The molecule has 0 aromatic carbocycles. The Kier molecular flexibility index (Phi) is 4.61. The summed E-state index contributed by atoms with van der Waals surface area (Å²) < 4.78 is 5.33. The monoisotopic (exact) mass is 265 g/mol. The molecule has 1 aliphatic carbocycles. The molecule has 0 amide bonds. The topological polar surface area (TPSA) is 51.0 Å². The zero-order chi connectivity index (χ0) is 13.9. The highest BCUT2D eigenvalue weighted by Gasteiger charge is 2.30. The maximum absolute atomic E-state index is 5.33. The minimum atomic E-state index is 0.488. The average molecular weight is 265 g/mol. The normalized spacial score (nSPS) is 20.1. The smallest absolute Gasteiger partial charge is 0.240 e. The molecular weight excluding hydrogens is 238 g/mol. The van der Waals surface area contributed by atoms with Crippen LogP contribution in [0.3, 0.4) is 0 Å². The van der Waals surface area contributed by atoms with Gasteiger partial charge < -0.3 is 9.84 Å². The molecule has 1 saturated carbocycles. The van der Waals surface area contributed by atoms with E-state index >= 15 is 0 Å². The van der Waals surface area contributed by atoms with Crippen molar-refractivity contribution in [3.05, 3.63) is 11.7 Å². The van der Waals surface area contributed by atoms with Crippen LogP contribution >= 0.6 is 0 Å². The van der Waals surface area contributed by atoms with Gasteiger partial charge >= 0.3 is 0 Å². The molecule has 108 valence electrons. The number of nitrogens with one attached hydrogen (secondary N) is 1. The lowest BCUT2D eigenvalue weighted by molar-refractivity contribution is 0.218. The number of nitrogens with zero attached hydrogens (tertiary/aromatic N) is 2. The Morgan fingerprint density at radius 1 is 1.32 bits per heavy atom. The van der Waals surface area contributed by atoms with E-state index < -0.39 is 0 Å². The van der Waals surface area contributed by atoms with Crippen molar-refractivity contribution in [2.24, 2.45) is 11.3 Å². The highest BCUT2D eigenvalue weighted by molar-refractivity contribution is 4.98. The van der Waals surface area contributed by atoms with Gasteiger partial charge in [-0.1, -0.05) is 32.9 Å². The van der Waals surface area contributed by atoms with Gasteiger partial charge in [-0.25, -0.2) is 0 Å². The van der Waals surface area contributed by atoms with Gasteiger partial charge in [-0.3, -0.25) is 0 Å². The molecule has 0 atom stereocenters. The molecule has 1 N–H and O–H groups in total. The molecule has 1 heterocycles. The van der Waals surface area contributed by atoms with Crippen LogP contribution in [0.1, 0.15) is 71.0 Å². The lowest BCUT2D eigenvalue weighted by atomic mass is 9.73. The quantitative estimate of drug-likeness (QED) is 0.885. The second-order valence-corrected chi connectivity index (χ2v) is 7.01. The third-order valence-electron chi connectivity index (χ3n) is 4.02.